The molecule has 31 heavy (non-hydrogen) atoms. The van der Waals surface area contributed by atoms with Gasteiger partial charge in [0.05, 0.1) is 18.5 Å². The second kappa shape index (κ2) is 8.83. The Morgan fingerprint density at radius 3 is 2.52 bits per heavy atom. The lowest BCUT2D eigenvalue weighted by molar-refractivity contribution is 0.0474. The van der Waals surface area contributed by atoms with Gasteiger partial charge in [0.25, 0.3) is 0 Å². The molecule has 0 spiro atoms. The highest BCUT2D eigenvalue weighted by atomic mass is 32.1. The van der Waals surface area contributed by atoms with Gasteiger partial charge in [-0.3, -0.25) is 0 Å². The van der Waals surface area contributed by atoms with Gasteiger partial charge in [-0.05, 0) is 31.2 Å². The summed E-state index contributed by atoms with van der Waals surface area (Å²) in [6.07, 6.45) is 0. The molecule has 0 fully saturated rings. The van der Waals surface area contributed by atoms with Crippen molar-refractivity contribution in [1.29, 1.82) is 0 Å². The van der Waals surface area contributed by atoms with Crippen LogP contribution in [0.25, 0.3) is 20.4 Å². The van der Waals surface area contributed by atoms with E-state index in [9.17, 15) is 9.59 Å². The number of nitrogens with one attached hydrogen (secondary N) is 1. The van der Waals surface area contributed by atoms with E-state index in [1.165, 1.54) is 18.4 Å². The highest BCUT2D eigenvalue weighted by molar-refractivity contribution is 7.81. The number of thiophene rings is 2. The lowest BCUT2D eigenvalue weighted by atomic mass is 10.2. The summed E-state index contributed by atoms with van der Waals surface area (Å²) in [6, 6.07) is 7.18. The molecule has 0 radical (unpaired) electrons. The van der Waals surface area contributed by atoms with Crippen molar-refractivity contribution in [2.24, 2.45) is 4.36 Å². The van der Waals surface area contributed by atoms with Crippen molar-refractivity contribution in [3.63, 3.8) is 0 Å². The molecule has 4 aromatic heterocycles. The Bertz CT molecular complexity index is 1350. The lowest BCUT2D eigenvalue weighted by Crippen LogP contribution is -2.04. The minimum Gasteiger partial charge on any atom is -0.465 e. The summed E-state index contributed by atoms with van der Waals surface area (Å²) in [4.78, 5) is 35.5. The first-order chi connectivity index (χ1) is 15.0. The highest BCUT2D eigenvalue weighted by Gasteiger charge is 2.22. The van der Waals surface area contributed by atoms with E-state index in [4.69, 9.17) is 21.9 Å². The number of fused-ring (bicyclic) bond motifs is 2. The number of aromatic nitrogens is 2. The van der Waals surface area contributed by atoms with Crippen LogP contribution in [0.4, 0.5) is 11.4 Å². The standard InChI is InChI=1S/C19H14N4O4S4/c1-8-3-5-10-13(23-29)15(31-16(10)20-8)19(25)27-7-9-4-6-11-12(22-28)14(18(24)26-2)30-17(11)21-9/h3-6,22,28H,7H2,1-2H3. The normalized spacial score (nSPS) is 10.9. The first kappa shape index (κ1) is 21.6. The molecule has 0 aliphatic heterocycles. The van der Waals surface area contributed by atoms with Crippen molar-refractivity contribution in [2.75, 3.05) is 11.8 Å². The molecule has 158 valence electrons. The molecule has 0 saturated carbocycles. The van der Waals surface area contributed by atoms with E-state index in [2.05, 4.69) is 31.9 Å². The molecule has 12 heteroatoms. The Morgan fingerprint density at radius 1 is 1.10 bits per heavy atom. The molecule has 0 aliphatic rings. The summed E-state index contributed by atoms with van der Waals surface area (Å²) in [5.74, 6) is -1.04. The summed E-state index contributed by atoms with van der Waals surface area (Å²) in [6.45, 7) is 1.82. The van der Waals surface area contributed by atoms with Crippen molar-refractivity contribution < 1.29 is 19.1 Å². The molecule has 0 aliphatic carbocycles. The Morgan fingerprint density at radius 2 is 1.81 bits per heavy atom. The van der Waals surface area contributed by atoms with Crippen LogP contribution in [-0.2, 0) is 28.5 Å². The van der Waals surface area contributed by atoms with Gasteiger partial charge in [-0.1, -0.05) is 12.8 Å². The maximum absolute atomic E-state index is 12.7. The predicted molar refractivity (Wildman–Crippen MR) is 126 cm³/mol. The largest absolute Gasteiger partial charge is 0.465 e. The molecule has 8 nitrogen and oxygen atoms in total. The maximum atomic E-state index is 12.7. The van der Waals surface area contributed by atoms with Crippen LogP contribution in [0.15, 0.2) is 28.6 Å². The van der Waals surface area contributed by atoms with Crippen LogP contribution >= 0.6 is 35.5 Å². The quantitative estimate of drug-likeness (QED) is 0.288. The number of carbonyl (C=O) groups is 2. The maximum Gasteiger partial charge on any atom is 0.351 e. The zero-order valence-electron chi connectivity index (χ0n) is 16.2. The average Bonchev–Trinajstić information content (AvgIpc) is 3.33. The molecule has 0 bridgehead atoms. The van der Waals surface area contributed by atoms with Crippen LogP contribution in [0.1, 0.15) is 30.7 Å². The molecule has 4 rings (SSSR count). The number of rotatable bonds is 6. The smallest absolute Gasteiger partial charge is 0.351 e. The van der Waals surface area contributed by atoms with Crippen LogP contribution in [0.2, 0.25) is 0 Å². The number of pyridine rings is 2. The number of anilines is 1. The molecule has 0 unspecified atom stereocenters. The molecule has 0 saturated heterocycles. The second-order valence-electron chi connectivity index (χ2n) is 6.32. The Balaban J connectivity index is 1.59. The molecule has 0 amide bonds. The number of methoxy groups -OCH3 is 1. The Hall–Kier alpha value is -2.67. The molecule has 4 heterocycles. The van der Waals surface area contributed by atoms with E-state index in [1.807, 2.05) is 19.1 Å². The first-order valence-corrected chi connectivity index (χ1v) is 11.2. The zero-order chi connectivity index (χ0) is 22.1. The van der Waals surface area contributed by atoms with Crippen molar-refractivity contribution in [1.82, 2.24) is 9.97 Å². The van der Waals surface area contributed by atoms with Gasteiger partial charge in [-0.25, -0.2) is 19.6 Å². The molecule has 1 N–H and O–H groups in total. The van der Waals surface area contributed by atoms with Crippen LogP contribution < -0.4 is 4.72 Å². The summed E-state index contributed by atoms with van der Waals surface area (Å²) in [5, 5.41) is 1.44. The summed E-state index contributed by atoms with van der Waals surface area (Å²) in [7, 11) is 1.31. The third kappa shape index (κ3) is 3.99. The summed E-state index contributed by atoms with van der Waals surface area (Å²) >= 11 is 11.3. The van der Waals surface area contributed by atoms with Gasteiger partial charge < -0.3 is 14.2 Å². The molecule has 4 aromatic rings. The number of carbonyl (C=O) groups excluding carboxylic acids is 2. The van der Waals surface area contributed by atoms with Gasteiger partial charge in [0, 0.05) is 28.9 Å². The van der Waals surface area contributed by atoms with E-state index >= 15 is 0 Å². The number of thiol groups is 1. The van der Waals surface area contributed by atoms with E-state index in [0.717, 1.165) is 22.4 Å². The van der Waals surface area contributed by atoms with E-state index < -0.39 is 11.9 Å². The molecule has 0 aromatic carbocycles. The summed E-state index contributed by atoms with van der Waals surface area (Å²) in [5.41, 5.74) is 2.27. The average molecular weight is 491 g/mol. The van der Waals surface area contributed by atoms with Crippen molar-refractivity contribution in [2.45, 2.75) is 13.5 Å². The van der Waals surface area contributed by atoms with Gasteiger partial charge in [0.2, 0.25) is 0 Å². The predicted octanol–water partition coefficient (Wildman–Crippen LogP) is 4.98. The third-order valence-electron chi connectivity index (χ3n) is 4.39. The highest BCUT2D eigenvalue weighted by Crippen LogP contribution is 2.38. The van der Waals surface area contributed by atoms with Crippen molar-refractivity contribution in [3.8, 4) is 0 Å². The fraction of sp³-hybridized carbons (Fsp3) is 0.158. The molecular formula is C19H14N4O4S4. The van der Waals surface area contributed by atoms with Gasteiger partial charge in [0.15, 0.2) is 0 Å². The van der Waals surface area contributed by atoms with E-state index in [0.29, 0.717) is 41.9 Å². The Kier molecular flexibility index (Phi) is 6.14. The number of esters is 2. The van der Waals surface area contributed by atoms with Gasteiger partial charge >= 0.3 is 11.9 Å². The van der Waals surface area contributed by atoms with Gasteiger partial charge in [-0.2, -0.15) is 4.36 Å². The summed E-state index contributed by atoms with van der Waals surface area (Å²) < 4.78 is 16.8. The van der Waals surface area contributed by atoms with Crippen LogP contribution in [0.3, 0.4) is 0 Å². The second-order valence-corrected chi connectivity index (χ2v) is 8.72. The monoisotopic (exact) mass is 490 g/mol. The minimum atomic E-state index is -0.551. The van der Waals surface area contributed by atoms with Gasteiger partial charge in [-0.15, -0.1) is 22.7 Å². The number of ether oxygens (including phenoxy) is 2. The van der Waals surface area contributed by atoms with Crippen LogP contribution in [0.5, 0.6) is 0 Å². The molecule has 0 atom stereocenters. The van der Waals surface area contributed by atoms with E-state index in [-0.39, 0.29) is 6.61 Å². The van der Waals surface area contributed by atoms with Crippen molar-refractivity contribution in [3.05, 3.63) is 45.4 Å². The van der Waals surface area contributed by atoms with E-state index in [1.54, 1.807) is 12.1 Å². The number of aryl methyl sites for hydroxylation is 1. The van der Waals surface area contributed by atoms with Crippen LogP contribution in [-0.4, -0.2) is 29.0 Å². The fourth-order valence-electron chi connectivity index (χ4n) is 2.94. The molecular weight excluding hydrogens is 477 g/mol. The number of hydrogen-bond acceptors (Lipinski definition) is 12. The minimum absolute atomic E-state index is 0.0541. The fourth-order valence-corrected chi connectivity index (χ4v) is 5.61. The first-order valence-electron chi connectivity index (χ1n) is 8.78. The van der Waals surface area contributed by atoms with Crippen molar-refractivity contribution >= 4 is 91.7 Å². The topological polar surface area (TPSA) is 103 Å². The number of nitrogens with zero attached hydrogens (tertiary/aromatic N) is 3. The number of hydrogen-bond donors (Lipinski definition) is 2. The SMILES string of the molecule is COC(=O)c1sc2nc(COC(=O)c3sc4nc(C)ccc4c3N=S)ccc2c1NS. The van der Waals surface area contributed by atoms with Crippen LogP contribution in [0, 0.1) is 6.92 Å². The third-order valence-corrected chi connectivity index (χ3v) is 6.95. The zero-order valence-corrected chi connectivity index (χ0v) is 19.5. The van der Waals surface area contributed by atoms with Gasteiger partial charge in [0.1, 0.15) is 31.7 Å². The Labute approximate surface area is 195 Å². The lowest BCUT2D eigenvalue weighted by Gasteiger charge is -2.04.